The van der Waals surface area contributed by atoms with Crippen molar-refractivity contribution in [3.05, 3.63) is 53.1 Å². The minimum Gasteiger partial charge on any atom is -0.493 e. The number of fused-ring (bicyclic) bond motifs is 1. The summed E-state index contributed by atoms with van der Waals surface area (Å²) in [5.74, 6) is 0.0621. The van der Waals surface area contributed by atoms with Gasteiger partial charge >= 0.3 is 6.18 Å². The zero-order chi connectivity index (χ0) is 27.6. The summed E-state index contributed by atoms with van der Waals surface area (Å²) in [6.45, 7) is 6.16. The molecule has 1 aliphatic rings. The quantitative estimate of drug-likeness (QED) is 0.430. The second-order valence-corrected chi connectivity index (χ2v) is 8.98. The highest BCUT2D eigenvalue weighted by molar-refractivity contribution is 5.92. The fourth-order valence-electron chi connectivity index (χ4n) is 4.31. The van der Waals surface area contributed by atoms with Crippen molar-refractivity contribution in [2.75, 3.05) is 38.7 Å². The number of ether oxygens (including phenoxy) is 3. The van der Waals surface area contributed by atoms with Gasteiger partial charge in [0.25, 0.3) is 0 Å². The lowest BCUT2D eigenvalue weighted by atomic mass is 10.0. The van der Waals surface area contributed by atoms with Gasteiger partial charge in [-0.1, -0.05) is 12.1 Å². The maximum Gasteiger partial charge on any atom is 0.419 e. The Morgan fingerprint density at radius 1 is 1.26 bits per heavy atom. The van der Waals surface area contributed by atoms with Crippen molar-refractivity contribution in [3.8, 4) is 11.5 Å². The van der Waals surface area contributed by atoms with Crippen LogP contribution in [0.4, 0.5) is 23.4 Å². The Balaban J connectivity index is 1.63. The van der Waals surface area contributed by atoms with Crippen molar-refractivity contribution in [1.82, 2.24) is 14.9 Å². The van der Waals surface area contributed by atoms with E-state index < -0.39 is 23.6 Å². The lowest BCUT2D eigenvalue weighted by Crippen LogP contribution is -2.46. The molecule has 0 saturated carbocycles. The fourth-order valence-corrected chi connectivity index (χ4v) is 4.31. The number of aromatic nitrogens is 2. The number of anilines is 1. The average Bonchev–Trinajstić information content (AvgIpc) is 2.86. The van der Waals surface area contributed by atoms with E-state index in [4.69, 9.17) is 14.2 Å². The normalized spacial score (nSPS) is 16.8. The molecule has 0 bridgehead atoms. The number of hydrogen-bond donors (Lipinski definition) is 1. The number of hydrogen-bond acceptors (Lipinski definition) is 7. The second-order valence-electron chi connectivity index (χ2n) is 8.98. The van der Waals surface area contributed by atoms with E-state index in [1.165, 1.54) is 26.2 Å². The van der Waals surface area contributed by atoms with Crippen LogP contribution in [0.1, 0.15) is 36.8 Å². The number of aryl methyl sites for hydroxylation is 1. The van der Waals surface area contributed by atoms with Gasteiger partial charge in [0.1, 0.15) is 30.2 Å². The molecule has 2 aromatic carbocycles. The first-order chi connectivity index (χ1) is 18.0. The summed E-state index contributed by atoms with van der Waals surface area (Å²) < 4.78 is 71.6. The van der Waals surface area contributed by atoms with E-state index in [-0.39, 0.29) is 24.2 Å². The highest BCUT2D eigenvalue weighted by Crippen LogP contribution is 2.37. The number of carbonyl (C=O) groups is 1. The van der Waals surface area contributed by atoms with Crippen molar-refractivity contribution < 1.29 is 36.6 Å². The molecular formula is C26H28F4N4O4. The number of alkyl halides is 3. The third-order valence-corrected chi connectivity index (χ3v) is 6.26. The second kappa shape index (κ2) is 11.0. The lowest BCUT2D eigenvalue weighted by Gasteiger charge is -2.32. The monoisotopic (exact) mass is 536 g/mol. The summed E-state index contributed by atoms with van der Waals surface area (Å²) in [7, 11) is 1.48. The van der Waals surface area contributed by atoms with Crippen molar-refractivity contribution in [1.29, 1.82) is 0 Å². The summed E-state index contributed by atoms with van der Waals surface area (Å²) in [5.41, 5.74) is -0.989. The van der Waals surface area contributed by atoms with Gasteiger partial charge in [-0.25, -0.2) is 14.4 Å². The van der Waals surface area contributed by atoms with Gasteiger partial charge in [0.2, 0.25) is 5.91 Å². The van der Waals surface area contributed by atoms with Crippen molar-refractivity contribution in [2.45, 2.75) is 39.1 Å². The standard InChI is InChI=1S/C26H28F4N4O4/c1-14(18-6-5-7-20(24(18)27)26(28,29)30)31-25-19-10-23(22(36-4)11-21(19)32-15(2)33-25)38-13-17-12-34(16(3)35)8-9-37-17/h5-7,10-11,14,17H,8-9,12-13H2,1-4H3,(H,31,32,33)/t14-,17-/m1/s1. The van der Waals surface area contributed by atoms with Crippen molar-refractivity contribution >= 4 is 22.6 Å². The highest BCUT2D eigenvalue weighted by atomic mass is 19.4. The summed E-state index contributed by atoms with van der Waals surface area (Å²) in [5, 5.41) is 3.53. The predicted molar refractivity (Wildman–Crippen MR) is 132 cm³/mol. The fraction of sp³-hybridized carbons (Fsp3) is 0.423. The zero-order valence-corrected chi connectivity index (χ0v) is 21.4. The molecule has 1 N–H and O–H groups in total. The molecule has 204 valence electrons. The number of morpholine rings is 1. The molecular weight excluding hydrogens is 508 g/mol. The summed E-state index contributed by atoms with van der Waals surface area (Å²) in [4.78, 5) is 22.2. The summed E-state index contributed by atoms with van der Waals surface area (Å²) in [6, 6.07) is 5.62. The first-order valence-corrected chi connectivity index (χ1v) is 12.0. The van der Waals surface area contributed by atoms with E-state index in [2.05, 4.69) is 15.3 Å². The van der Waals surface area contributed by atoms with Crippen LogP contribution in [0.3, 0.4) is 0 Å². The third kappa shape index (κ3) is 5.90. The Hall–Kier alpha value is -3.67. The molecule has 0 aliphatic carbocycles. The van der Waals surface area contributed by atoms with Crippen LogP contribution >= 0.6 is 0 Å². The van der Waals surface area contributed by atoms with Crippen LogP contribution < -0.4 is 14.8 Å². The number of rotatable bonds is 7. The van der Waals surface area contributed by atoms with Gasteiger partial charge in [0, 0.05) is 30.5 Å². The van der Waals surface area contributed by atoms with E-state index in [0.29, 0.717) is 59.8 Å². The number of benzene rings is 2. The molecule has 1 amide bonds. The van der Waals surface area contributed by atoms with E-state index in [0.717, 1.165) is 0 Å². The number of carbonyl (C=O) groups excluding carboxylic acids is 1. The molecule has 38 heavy (non-hydrogen) atoms. The lowest BCUT2D eigenvalue weighted by molar-refractivity contribution is -0.140. The van der Waals surface area contributed by atoms with Crippen LogP contribution in [0.15, 0.2) is 30.3 Å². The van der Waals surface area contributed by atoms with Crippen LogP contribution in [0.2, 0.25) is 0 Å². The Bertz CT molecular complexity index is 1330. The van der Waals surface area contributed by atoms with Gasteiger partial charge in [-0.05, 0) is 26.0 Å². The minimum atomic E-state index is -4.82. The predicted octanol–water partition coefficient (Wildman–Crippen LogP) is 4.90. The molecule has 2 atom stereocenters. The number of nitrogens with zero attached hydrogens (tertiary/aromatic N) is 3. The van der Waals surface area contributed by atoms with Gasteiger partial charge in [-0.15, -0.1) is 0 Å². The van der Waals surface area contributed by atoms with Crippen molar-refractivity contribution in [3.63, 3.8) is 0 Å². The molecule has 8 nitrogen and oxygen atoms in total. The number of methoxy groups -OCH3 is 1. The molecule has 0 unspecified atom stereocenters. The Kier molecular flexibility index (Phi) is 7.91. The summed E-state index contributed by atoms with van der Waals surface area (Å²) in [6.07, 6.45) is -5.16. The van der Waals surface area contributed by atoms with Crippen LogP contribution in [-0.2, 0) is 15.7 Å². The zero-order valence-electron chi connectivity index (χ0n) is 21.4. The number of amides is 1. The average molecular weight is 537 g/mol. The van der Waals surface area contributed by atoms with E-state index in [1.54, 1.807) is 30.9 Å². The SMILES string of the molecule is COc1cc2nc(C)nc(N[C@H](C)c3cccc(C(F)(F)F)c3F)c2cc1OC[C@H]1CN(C(C)=O)CCO1. The molecule has 12 heteroatoms. The topological polar surface area (TPSA) is 85.8 Å². The van der Waals surface area contributed by atoms with Crippen LogP contribution in [-0.4, -0.2) is 60.3 Å². The molecule has 3 aromatic rings. The minimum absolute atomic E-state index is 0.0452. The van der Waals surface area contributed by atoms with E-state index in [1.807, 2.05) is 0 Å². The van der Waals surface area contributed by atoms with Crippen LogP contribution in [0, 0.1) is 12.7 Å². The first-order valence-electron chi connectivity index (χ1n) is 12.0. The number of nitrogens with one attached hydrogen (secondary N) is 1. The first kappa shape index (κ1) is 27.4. The number of halogens is 4. The highest BCUT2D eigenvalue weighted by Gasteiger charge is 2.35. The van der Waals surface area contributed by atoms with E-state index in [9.17, 15) is 22.4 Å². The van der Waals surface area contributed by atoms with Crippen LogP contribution in [0.5, 0.6) is 11.5 Å². The van der Waals surface area contributed by atoms with Gasteiger partial charge < -0.3 is 24.4 Å². The molecule has 4 rings (SSSR count). The van der Waals surface area contributed by atoms with Gasteiger partial charge in [0.15, 0.2) is 11.5 Å². The van der Waals surface area contributed by atoms with E-state index >= 15 is 0 Å². The molecule has 1 saturated heterocycles. The maximum absolute atomic E-state index is 14.8. The molecule has 2 heterocycles. The van der Waals surface area contributed by atoms with Gasteiger partial charge in [-0.2, -0.15) is 13.2 Å². The molecule has 1 aromatic heterocycles. The Morgan fingerprint density at radius 2 is 2.03 bits per heavy atom. The molecule has 0 radical (unpaired) electrons. The molecule has 1 aliphatic heterocycles. The Morgan fingerprint density at radius 3 is 2.71 bits per heavy atom. The Labute approximate surface area is 216 Å². The smallest absolute Gasteiger partial charge is 0.419 e. The van der Waals surface area contributed by atoms with Gasteiger partial charge in [-0.3, -0.25) is 4.79 Å². The summed E-state index contributed by atoms with van der Waals surface area (Å²) >= 11 is 0. The largest absolute Gasteiger partial charge is 0.493 e. The molecule has 1 fully saturated rings. The van der Waals surface area contributed by atoms with Gasteiger partial charge in [0.05, 0.1) is 37.4 Å². The van der Waals surface area contributed by atoms with Crippen LogP contribution in [0.25, 0.3) is 10.9 Å². The molecule has 0 spiro atoms. The maximum atomic E-state index is 14.8. The third-order valence-electron chi connectivity index (χ3n) is 6.26. The van der Waals surface area contributed by atoms with Crippen molar-refractivity contribution in [2.24, 2.45) is 0 Å².